The molecule has 0 bridgehead atoms. The standard InChI is InChI=1S/C21H30F3N5O/c1-5-15(2)28-11-9-27(10-12-28)13-17-16-7-6-8-29(14-18(30)26(3)4)20(16)25-19(17)21(22,23)24/h6-8,15H,5,9-14H2,1-4H3/t15-/m0/s1. The van der Waals surface area contributed by atoms with Gasteiger partial charge in [0.05, 0.1) is 0 Å². The van der Waals surface area contributed by atoms with Gasteiger partial charge in [0.25, 0.3) is 0 Å². The summed E-state index contributed by atoms with van der Waals surface area (Å²) >= 11 is 0. The Balaban J connectivity index is 1.87. The van der Waals surface area contributed by atoms with Crippen molar-refractivity contribution >= 4 is 5.91 Å². The Morgan fingerprint density at radius 1 is 1.23 bits per heavy atom. The van der Waals surface area contributed by atoms with Crippen LogP contribution in [-0.4, -0.2) is 76.5 Å². The average Bonchev–Trinajstić information content (AvgIpc) is 3.08. The van der Waals surface area contributed by atoms with Crippen molar-refractivity contribution in [1.82, 2.24) is 24.3 Å². The zero-order valence-corrected chi connectivity index (χ0v) is 18.0. The second-order valence-electron chi connectivity index (χ2n) is 8.17. The lowest BCUT2D eigenvalue weighted by Crippen LogP contribution is -2.49. The highest BCUT2D eigenvalue weighted by Gasteiger charge is 2.40. The number of nitrogens with zero attached hydrogens (tertiary/aromatic N) is 5. The Morgan fingerprint density at radius 3 is 2.47 bits per heavy atom. The number of fused-ring (bicyclic) bond motifs is 1. The van der Waals surface area contributed by atoms with Gasteiger partial charge in [0, 0.05) is 70.2 Å². The summed E-state index contributed by atoms with van der Waals surface area (Å²) in [6.07, 6.45) is -1.89. The fraction of sp³-hybridized carbons (Fsp3) is 0.619. The van der Waals surface area contributed by atoms with E-state index in [0.717, 1.165) is 32.6 Å². The quantitative estimate of drug-likeness (QED) is 0.714. The third-order valence-electron chi connectivity index (χ3n) is 5.95. The molecule has 0 aromatic rings. The molecule has 0 N–H and O–H groups in total. The highest BCUT2D eigenvalue weighted by Crippen LogP contribution is 2.39. The molecule has 0 saturated carbocycles. The molecule has 0 unspecified atom stereocenters. The van der Waals surface area contributed by atoms with Gasteiger partial charge in [-0.15, -0.1) is 0 Å². The van der Waals surface area contributed by atoms with Crippen LogP contribution in [0.15, 0.2) is 18.3 Å². The molecule has 3 rings (SSSR count). The maximum atomic E-state index is 13.8. The normalized spacial score (nSPS) is 17.4. The summed E-state index contributed by atoms with van der Waals surface area (Å²) in [7, 11) is 3.24. The van der Waals surface area contributed by atoms with E-state index in [1.807, 2.05) is 0 Å². The van der Waals surface area contributed by atoms with Crippen LogP contribution in [0, 0.1) is 0 Å². The van der Waals surface area contributed by atoms with Crippen molar-refractivity contribution in [1.29, 1.82) is 0 Å². The molecule has 166 valence electrons. The van der Waals surface area contributed by atoms with Crippen molar-refractivity contribution in [2.24, 2.45) is 0 Å². The van der Waals surface area contributed by atoms with Gasteiger partial charge >= 0.3 is 6.18 Å². The minimum atomic E-state index is -4.55. The van der Waals surface area contributed by atoms with Gasteiger partial charge in [0.15, 0.2) is 5.69 Å². The molecule has 0 aliphatic carbocycles. The van der Waals surface area contributed by atoms with Crippen LogP contribution < -0.4 is 0 Å². The summed E-state index contributed by atoms with van der Waals surface area (Å²) in [5.41, 5.74) is -0.194. The smallest absolute Gasteiger partial charge is 0.347 e. The first-order valence-corrected chi connectivity index (χ1v) is 10.3. The maximum Gasteiger partial charge on any atom is 0.433 e. The predicted octanol–water partition coefficient (Wildman–Crippen LogP) is 3.01. The lowest BCUT2D eigenvalue weighted by atomic mass is 10.1. The number of hydrogen-bond acceptors (Lipinski definition) is 4. The SMILES string of the molecule is CC[C@H](C)N1CCN(Cc2c3cccn(CC(=O)N(C)C)c-3nc2C(F)(F)F)CC1. The van der Waals surface area contributed by atoms with Crippen LogP contribution in [0.4, 0.5) is 13.2 Å². The van der Waals surface area contributed by atoms with Crippen LogP contribution in [0.3, 0.4) is 0 Å². The molecule has 3 aliphatic rings. The van der Waals surface area contributed by atoms with Gasteiger partial charge in [-0.2, -0.15) is 13.2 Å². The van der Waals surface area contributed by atoms with E-state index in [0.29, 0.717) is 11.6 Å². The van der Waals surface area contributed by atoms with Crippen molar-refractivity contribution in [2.75, 3.05) is 40.3 Å². The van der Waals surface area contributed by atoms with E-state index in [1.54, 1.807) is 32.4 Å². The topological polar surface area (TPSA) is 44.6 Å². The van der Waals surface area contributed by atoms with Crippen molar-refractivity contribution in [3.8, 4) is 11.4 Å². The van der Waals surface area contributed by atoms with Gasteiger partial charge < -0.3 is 9.47 Å². The minimum Gasteiger partial charge on any atom is -0.347 e. The number of pyridine rings is 1. The molecule has 1 fully saturated rings. The number of likely N-dealkylation sites (N-methyl/N-ethyl adjacent to an activating group) is 1. The molecule has 0 radical (unpaired) electrons. The average molecular weight is 425 g/mol. The van der Waals surface area contributed by atoms with Gasteiger partial charge in [-0.3, -0.25) is 14.6 Å². The van der Waals surface area contributed by atoms with Crippen molar-refractivity contribution in [2.45, 2.75) is 45.6 Å². The molecule has 1 atom stereocenters. The first kappa shape index (κ1) is 22.6. The molecule has 3 aliphatic heterocycles. The Labute approximate surface area is 175 Å². The number of carbonyl (C=O) groups excluding carboxylic acids is 1. The fourth-order valence-corrected chi connectivity index (χ4v) is 3.86. The van der Waals surface area contributed by atoms with E-state index < -0.39 is 11.9 Å². The molecule has 1 saturated heterocycles. The Bertz CT molecular complexity index is 840. The largest absolute Gasteiger partial charge is 0.433 e. The second-order valence-corrected chi connectivity index (χ2v) is 8.17. The highest BCUT2D eigenvalue weighted by atomic mass is 19.4. The van der Waals surface area contributed by atoms with E-state index in [-0.39, 0.29) is 30.4 Å². The zero-order valence-electron chi connectivity index (χ0n) is 18.0. The first-order chi connectivity index (χ1) is 14.1. The molecular weight excluding hydrogens is 395 g/mol. The van der Waals surface area contributed by atoms with Gasteiger partial charge in [-0.05, 0) is 25.5 Å². The molecule has 0 aromatic heterocycles. The van der Waals surface area contributed by atoms with E-state index in [2.05, 4.69) is 28.6 Å². The van der Waals surface area contributed by atoms with Crippen molar-refractivity contribution in [3.05, 3.63) is 29.6 Å². The molecule has 0 aromatic carbocycles. The number of halogens is 3. The number of piperazine rings is 1. The number of alkyl halides is 3. The lowest BCUT2D eigenvalue weighted by Gasteiger charge is -2.38. The van der Waals surface area contributed by atoms with E-state index >= 15 is 0 Å². The van der Waals surface area contributed by atoms with Gasteiger partial charge in [-0.25, -0.2) is 4.98 Å². The summed E-state index contributed by atoms with van der Waals surface area (Å²) in [4.78, 5) is 21.9. The Morgan fingerprint density at radius 2 is 1.90 bits per heavy atom. The second kappa shape index (κ2) is 8.93. The predicted molar refractivity (Wildman–Crippen MR) is 109 cm³/mol. The number of hydrogen-bond donors (Lipinski definition) is 0. The Kier molecular flexibility index (Phi) is 6.71. The minimum absolute atomic E-state index is 0.0499. The monoisotopic (exact) mass is 425 g/mol. The zero-order chi connectivity index (χ0) is 22.1. The van der Waals surface area contributed by atoms with Crippen molar-refractivity contribution < 1.29 is 18.0 Å². The maximum absolute atomic E-state index is 13.8. The molecule has 0 spiro atoms. The number of amides is 1. The van der Waals surface area contributed by atoms with Crippen LogP contribution in [-0.2, 0) is 24.1 Å². The molecule has 30 heavy (non-hydrogen) atoms. The van der Waals surface area contributed by atoms with Crippen LogP contribution in [0.5, 0.6) is 0 Å². The molecular formula is C21H30F3N5O. The summed E-state index contributed by atoms with van der Waals surface area (Å²) in [6.45, 7) is 7.61. The van der Waals surface area contributed by atoms with Crippen LogP contribution in [0.1, 0.15) is 31.5 Å². The molecule has 3 heterocycles. The summed E-state index contributed by atoms with van der Waals surface area (Å²) in [5, 5.41) is 0. The van der Waals surface area contributed by atoms with E-state index in [1.165, 1.54) is 9.47 Å². The first-order valence-electron chi connectivity index (χ1n) is 10.3. The summed E-state index contributed by atoms with van der Waals surface area (Å²) in [6, 6.07) is 3.82. The third kappa shape index (κ3) is 4.78. The number of aromatic nitrogens is 2. The third-order valence-corrected chi connectivity index (χ3v) is 5.95. The van der Waals surface area contributed by atoms with Crippen LogP contribution in [0.2, 0.25) is 0 Å². The number of carbonyl (C=O) groups is 1. The van der Waals surface area contributed by atoms with Gasteiger partial charge in [0.1, 0.15) is 12.4 Å². The Hall–Kier alpha value is -2.13. The van der Waals surface area contributed by atoms with Gasteiger partial charge in [0.2, 0.25) is 5.91 Å². The summed E-state index contributed by atoms with van der Waals surface area (Å²) in [5.74, 6) is 0.0000377. The fourth-order valence-electron chi connectivity index (χ4n) is 3.86. The van der Waals surface area contributed by atoms with E-state index in [9.17, 15) is 18.0 Å². The number of rotatable bonds is 6. The highest BCUT2D eigenvalue weighted by molar-refractivity contribution is 5.76. The molecule has 9 heteroatoms. The summed E-state index contributed by atoms with van der Waals surface area (Å²) < 4.78 is 42.9. The molecule has 6 nitrogen and oxygen atoms in total. The van der Waals surface area contributed by atoms with Crippen LogP contribution >= 0.6 is 0 Å². The van der Waals surface area contributed by atoms with E-state index in [4.69, 9.17) is 0 Å². The lowest BCUT2D eigenvalue weighted by molar-refractivity contribution is -0.141. The van der Waals surface area contributed by atoms with Crippen LogP contribution in [0.25, 0.3) is 11.4 Å². The van der Waals surface area contributed by atoms with Gasteiger partial charge in [-0.1, -0.05) is 6.92 Å². The van der Waals surface area contributed by atoms with Crippen molar-refractivity contribution in [3.63, 3.8) is 0 Å². The molecule has 1 amide bonds.